The lowest BCUT2D eigenvalue weighted by molar-refractivity contribution is -0.126. The van der Waals surface area contributed by atoms with Crippen LogP contribution in [0, 0.1) is 19.8 Å². The van der Waals surface area contributed by atoms with Crippen LogP contribution in [0.15, 0.2) is 22.6 Å². The van der Waals surface area contributed by atoms with E-state index in [9.17, 15) is 9.59 Å². The predicted molar refractivity (Wildman–Crippen MR) is 110 cm³/mol. The molecule has 0 radical (unpaired) electrons. The van der Waals surface area contributed by atoms with Crippen LogP contribution >= 0.6 is 0 Å². The summed E-state index contributed by atoms with van der Waals surface area (Å²) >= 11 is 0. The van der Waals surface area contributed by atoms with E-state index < -0.39 is 6.04 Å². The molecule has 0 aliphatic heterocycles. The van der Waals surface area contributed by atoms with E-state index in [1.807, 2.05) is 26.0 Å². The summed E-state index contributed by atoms with van der Waals surface area (Å²) in [5, 5.41) is 5.83. The number of methoxy groups -OCH3 is 1. The van der Waals surface area contributed by atoms with Gasteiger partial charge in [-0.25, -0.2) is 4.98 Å². The first-order chi connectivity index (χ1) is 13.9. The van der Waals surface area contributed by atoms with Crippen LogP contribution in [0.2, 0.25) is 0 Å². The normalized spacial score (nSPS) is 15.6. The maximum atomic E-state index is 12.7. The van der Waals surface area contributed by atoms with Crippen LogP contribution in [-0.2, 0) is 4.79 Å². The third kappa shape index (κ3) is 4.78. The number of anilines is 1. The largest absolute Gasteiger partial charge is 0.496 e. The maximum Gasteiger partial charge on any atom is 0.277 e. The SMILES string of the molecule is COc1cccc(NC(=O)c2nc([C@@H](C)NC(=O)C3CCCCC3)oc2C)c1C. The molecular weight excluding hydrogens is 370 g/mol. The molecule has 3 rings (SSSR count). The van der Waals surface area contributed by atoms with Gasteiger partial charge in [-0.15, -0.1) is 0 Å². The molecule has 0 spiro atoms. The molecule has 1 fully saturated rings. The molecule has 1 atom stereocenters. The lowest BCUT2D eigenvalue weighted by Crippen LogP contribution is -2.34. The van der Waals surface area contributed by atoms with Gasteiger partial charge in [0.2, 0.25) is 11.8 Å². The van der Waals surface area contributed by atoms with Crippen molar-refractivity contribution < 1.29 is 18.7 Å². The minimum Gasteiger partial charge on any atom is -0.496 e. The molecule has 2 N–H and O–H groups in total. The van der Waals surface area contributed by atoms with Gasteiger partial charge in [-0.05, 0) is 45.7 Å². The number of aryl methyl sites for hydroxylation is 1. The first-order valence-electron chi connectivity index (χ1n) is 10.1. The smallest absolute Gasteiger partial charge is 0.277 e. The van der Waals surface area contributed by atoms with Gasteiger partial charge < -0.3 is 19.8 Å². The number of hydrogen-bond acceptors (Lipinski definition) is 5. The Labute approximate surface area is 171 Å². The molecule has 0 unspecified atom stereocenters. The Morgan fingerprint density at radius 1 is 1.21 bits per heavy atom. The minimum atomic E-state index is -0.400. The molecule has 156 valence electrons. The van der Waals surface area contributed by atoms with E-state index in [4.69, 9.17) is 9.15 Å². The van der Waals surface area contributed by atoms with Gasteiger partial charge in [-0.2, -0.15) is 0 Å². The van der Waals surface area contributed by atoms with E-state index in [1.54, 1.807) is 20.1 Å². The van der Waals surface area contributed by atoms with E-state index in [2.05, 4.69) is 15.6 Å². The van der Waals surface area contributed by atoms with Gasteiger partial charge in [0.05, 0.1) is 7.11 Å². The summed E-state index contributed by atoms with van der Waals surface area (Å²) in [5.41, 5.74) is 1.69. The quantitative estimate of drug-likeness (QED) is 0.755. The van der Waals surface area contributed by atoms with Crippen LogP contribution in [0.1, 0.15) is 72.8 Å². The third-order valence-electron chi connectivity index (χ3n) is 5.49. The number of oxazole rings is 1. The van der Waals surface area contributed by atoms with Crippen molar-refractivity contribution in [2.75, 3.05) is 12.4 Å². The third-order valence-corrected chi connectivity index (χ3v) is 5.49. The molecule has 29 heavy (non-hydrogen) atoms. The molecule has 1 heterocycles. The number of aromatic nitrogens is 1. The van der Waals surface area contributed by atoms with Crippen molar-refractivity contribution in [3.05, 3.63) is 41.1 Å². The van der Waals surface area contributed by atoms with Crippen molar-refractivity contribution in [3.8, 4) is 5.75 Å². The number of benzene rings is 1. The number of carbonyl (C=O) groups excluding carboxylic acids is 2. The molecule has 0 bridgehead atoms. The zero-order chi connectivity index (χ0) is 21.0. The zero-order valence-corrected chi connectivity index (χ0v) is 17.5. The zero-order valence-electron chi connectivity index (χ0n) is 17.5. The first kappa shape index (κ1) is 20.9. The fourth-order valence-corrected chi connectivity index (χ4v) is 3.72. The van der Waals surface area contributed by atoms with Gasteiger partial charge in [-0.3, -0.25) is 9.59 Å². The Bertz CT molecular complexity index is 884. The summed E-state index contributed by atoms with van der Waals surface area (Å²) in [6.45, 7) is 5.39. The monoisotopic (exact) mass is 399 g/mol. The molecule has 1 aromatic heterocycles. The Balaban J connectivity index is 1.69. The average molecular weight is 399 g/mol. The van der Waals surface area contributed by atoms with Crippen molar-refractivity contribution in [1.29, 1.82) is 0 Å². The Kier molecular flexibility index (Phi) is 6.56. The Hall–Kier alpha value is -2.83. The van der Waals surface area contributed by atoms with Crippen LogP contribution in [0.25, 0.3) is 0 Å². The van der Waals surface area contributed by atoms with E-state index >= 15 is 0 Å². The molecule has 0 saturated heterocycles. The van der Waals surface area contributed by atoms with Crippen LogP contribution < -0.4 is 15.4 Å². The fraction of sp³-hybridized carbons (Fsp3) is 0.500. The van der Waals surface area contributed by atoms with E-state index in [1.165, 1.54) is 6.42 Å². The van der Waals surface area contributed by atoms with Crippen molar-refractivity contribution in [2.45, 2.75) is 58.9 Å². The van der Waals surface area contributed by atoms with Crippen molar-refractivity contribution in [2.24, 2.45) is 5.92 Å². The molecule has 1 aliphatic carbocycles. The van der Waals surface area contributed by atoms with Gasteiger partial charge in [-0.1, -0.05) is 25.3 Å². The van der Waals surface area contributed by atoms with Crippen LogP contribution in [0.4, 0.5) is 5.69 Å². The summed E-state index contributed by atoms with van der Waals surface area (Å²) in [7, 11) is 1.59. The van der Waals surface area contributed by atoms with Crippen LogP contribution in [-0.4, -0.2) is 23.9 Å². The molecule has 2 amide bonds. The number of nitrogens with one attached hydrogen (secondary N) is 2. The summed E-state index contributed by atoms with van der Waals surface area (Å²) in [6.07, 6.45) is 5.24. The summed E-state index contributed by atoms with van der Waals surface area (Å²) in [5.74, 6) is 1.17. The highest BCUT2D eigenvalue weighted by molar-refractivity contribution is 6.04. The number of nitrogens with zero attached hydrogens (tertiary/aromatic N) is 1. The van der Waals surface area contributed by atoms with Gasteiger partial charge >= 0.3 is 0 Å². The number of hydrogen-bond donors (Lipinski definition) is 2. The molecule has 7 heteroatoms. The van der Waals surface area contributed by atoms with Gasteiger partial charge in [0.1, 0.15) is 17.6 Å². The number of carbonyl (C=O) groups is 2. The molecule has 1 aliphatic rings. The summed E-state index contributed by atoms with van der Waals surface area (Å²) in [4.78, 5) is 29.6. The molecule has 7 nitrogen and oxygen atoms in total. The Morgan fingerprint density at radius 3 is 2.62 bits per heavy atom. The predicted octanol–water partition coefficient (Wildman–Crippen LogP) is 4.31. The van der Waals surface area contributed by atoms with Gasteiger partial charge in [0.25, 0.3) is 5.91 Å². The maximum absolute atomic E-state index is 12.7. The second-order valence-electron chi connectivity index (χ2n) is 7.61. The summed E-state index contributed by atoms with van der Waals surface area (Å²) < 4.78 is 11.0. The summed E-state index contributed by atoms with van der Waals surface area (Å²) in [6, 6.07) is 5.05. The standard InChI is InChI=1S/C22H29N3O4/c1-13-17(11-8-12-18(13)28-4)24-21(27)19-15(3)29-22(25-19)14(2)23-20(26)16-9-6-5-7-10-16/h8,11-12,14,16H,5-7,9-10H2,1-4H3,(H,23,26)(H,24,27)/t14-/m1/s1. The van der Waals surface area contributed by atoms with Crippen LogP contribution in [0.5, 0.6) is 5.75 Å². The highest BCUT2D eigenvalue weighted by Crippen LogP contribution is 2.27. The van der Waals surface area contributed by atoms with E-state index in [0.29, 0.717) is 23.1 Å². The average Bonchev–Trinajstić information content (AvgIpc) is 3.12. The number of rotatable bonds is 6. The first-order valence-corrected chi connectivity index (χ1v) is 10.1. The van der Waals surface area contributed by atoms with Crippen molar-refractivity contribution >= 4 is 17.5 Å². The molecule has 1 aromatic carbocycles. The van der Waals surface area contributed by atoms with Crippen LogP contribution in [0.3, 0.4) is 0 Å². The van der Waals surface area contributed by atoms with E-state index in [-0.39, 0.29) is 23.4 Å². The minimum absolute atomic E-state index is 0.0334. The van der Waals surface area contributed by atoms with E-state index in [0.717, 1.165) is 31.2 Å². The Morgan fingerprint density at radius 2 is 1.93 bits per heavy atom. The second-order valence-corrected chi connectivity index (χ2v) is 7.61. The topological polar surface area (TPSA) is 93.5 Å². The second kappa shape index (κ2) is 9.11. The number of amides is 2. The molecule has 2 aromatic rings. The molecular formula is C22H29N3O4. The highest BCUT2D eigenvalue weighted by Gasteiger charge is 2.26. The van der Waals surface area contributed by atoms with Crippen molar-refractivity contribution in [3.63, 3.8) is 0 Å². The number of ether oxygens (including phenoxy) is 1. The van der Waals surface area contributed by atoms with Gasteiger partial charge in [0.15, 0.2) is 5.69 Å². The van der Waals surface area contributed by atoms with Gasteiger partial charge in [0, 0.05) is 17.2 Å². The lowest BCUT2D eigenvalue weighted by Gasteiger charge is -2.22. The highest BCUT2D eigenvalue weighted by atomic mass is 16.5. The fourth-order valence-electron chi connectivity index (χ4n) is 3.72. The van der Waals surface area contributed by atoms with Crippen molar-refractivity contribution in [1.82, 2.24) is 10.3 Å². The lowest BCUT2D eigenvalue weighted by atomic mass is 9.88. The molecule has 1 saturated carbocycles.